The summed E-state index contributed by atoms with van der Waals surface area (Å²) in [6.45, 7) is 0.612. The van der Waals surface area contributed by atoms with Gasteiger partial charge in [0.15, 0.2) is 9.84 Å². The molecule has 4 aromatic rings. The summed E-state index contributed by atoms with van der Waals surface area (Å²) in [7, 11) is -1.28. The summed E-state index contributed by atoms with van der Waals surface area (Å²) in [4.78, 5) is 10.2. The lowest BCUT2D eigenvalue weighted by Crippen LogP contribution is -2.16. The number of nitrogens with zero attached hydrogens (tertiary/aromatic N) is 2. The molecule has 1 aliphatic heterocycles. The number of aromatic amines is 1. The van der Waals surface area contributed by atoms with Crippen molar-refractivity contribution >= 4 is 26.6 Å². The van der Waals surface area contributed by atoms with Crippen LogP contribution in [0.3, 0.4) is 0 Å². The van der Waals surface area contributed by atoms with Gasteiger partial charge in [-0.05, 0) is 47.5 Å². The Hall–Kier alpha value is -3.19. The Kier molecular flexibility index (Phi) is 3.79. The second kappa shape index (κ2) is 6.15. The maximum Gasteiger partial charge on any atom is 0.175 e. The van der Waals surface area contributed by atoms with E-state index in [1.165, 1.54) is 12.3 Å². The number of H-pyrrole nitrogens is 1. The number of pyridine rings is 1. The average molecular weight is 407 g/mol. The zero-order chi connectivity index (χ0) is 20.3. The third kappa shape index (κ3) is 2.81. The van der Waals surface area contributed by atoms with Gasteiger partial charge in [0.2, 0.25) is 0 Å². The molecule has 7 heteroatoms. The SMILES string of the molecule is CN1Cc2c(-c3ccc(S(C)(=O)=O)cc3)[nH]c3nccc(c23)-c2cc(F)ccc21. The second-order valence-corrected chi connectivity index (χ2v) is 9.39. The largest absolute Gasteiger partial charge is 0.370 e. The Balaban J connectivity index is 1.77. The minimum atomic E-state index is -3.26. The van der Waals surface area contributed by atoms with E-state index >= 15 is 0 Å². The molecular formula is C22H18FN3O2S. The van der Waals surface area contributed by atoms with Gasteiger partial charge in [0.05, 0.1) is 10.6 Å². The third-order valence-corrected chi connectivity index (χ3v) is 6.55. The first-order chi connectivity index (χ1) is 13.8. The Labute approximate surface area is 167 Å². The van der Waals surface area contributed by atoms with Crippen LogP contribution in [0.1, 0.15) is 5.56 Å². The van der Waals surface area contributed by atoms with Crippen LogP contribution in [-0.2, 0) is 16.4 Å². The lowest BCUT2D eigenvalue weighted by atomic mass is 9.99. The number of halogens is 1. The molecule has 3 heterocycles. The Morgan fingerprint density at radius 2 is 1.83 bits per heavy atom. The molecule has 146 valence electrons. The van der Waals surface area contributed by atoms with Crippen LogP contribution in [0.2, 0.25) is 0 Å². The molecule has 0 saturated carbocycles. The van der Waals surface area contributed by atoms with Gasteiger partial charge in [-0.15, -0.1) is 0 Å². The normalized spacial score (nSPS) is 13.4. The highest BCUT2D eigenvalue weighted by molar-refractivity contribution is 7.90. The second-order valence-electron chi connectivity index (χ2n) is 7.37. The molecule has 5 nitrogen and oxygen atoms in total. The van der Waals surface area contributed by atoms with Gasteiger partial charge >= 0.3 is 0 Å². The van der Waals surface area contributed by atoms with Crippen LogP contribution in [0.25, 0.3) is 33.4 Å². The lowest BCUT2D eigenvalue weighted by molar-refractivity contribution is 0.602. The maximum atomic E-state index is 14.0. The highest BCUT2D eigenvalue weighted by Crippen LogP contribution is 2.43. The molecule has 0 saturated heterocycles. The predicted octanol–water partition coefficient (Wildman–Crippen LogP) is 4.39. The van der Waals surface area contributed by atoms with Crippen molar-refractivity contribution in [2.45, 2.75) is 11.4 Å². The van der Waals surface area contributed by atoms with Crippen molar-refractivity contribution in [1.29, 1.82) is 0 Å². The van der Waals surface area contributed by atoms with Crippen molar-refractivity contribution in [3.63, 3.8) is 0 Å². The lowest BCUT2D eigenvalue weighted by Gasteiger charge is -2.20. The minimum Gasteiger partial charge on any atom is -0.370 e. The third-order valence-electron chi connectivity index (χ3n) is 5.42. The summed E-state index contributed by atoms with van der Waals surface area (Å²) in [6.07, 6.45) is 2.91. The van der Waals surface area contributed by atoms with Crippen LogP contribution in [0.4, 0.5) is 10.1 Å². The van der Waals surface area contributed by atoms with Crippen molar-refractivity contribution in [3.05, 3.63) is 66.1 Å². The fourth-order valence-electron chi connectivity index (χ4n) is 4.06. The zero-order valence-corrected chi connectivity index (χ0v) is 16.7. The quantitative estimate of drug-likeness (QED) is 0.535. The van der Waals surface area contributed by atoms with Crippen LogP contribution in [0.15, 0.2) is 59.6 Å². The molecular weight excluding hydrogens is 389 g/mol. The van der Waals surface area contributed by atoms with E-state index < -0.39 is 9.84 Å². The predicted molar refractivity (Wildman–Crippen MR) is 112 cm³/mol. The smallest absolute Gasteiger partial charge is 0.175 e. The zero-order valence-electron chi connectivity index (χ0n) is 15.9. The molecule has 0 fully saturated rings. The van der Waals surface area contributed by atoms with Crippen LogP contribution in [-0.4, -0.2) is 31.7 Å². The molecule has 0 bridgehead atoms. The monoisotopic (exact) mass is 407 g/mol. The van der Waals surface area contributed by atoms with Crippen molar-refractivity contribution in [2.24, 2.45) is 0 Å². The Bertz CT molecular complexity index is 1380. The van der Waals surface area contributed by atoms with E-state index in [0.717, 1.165) is 44.7 Å². The van der Waals surface area contributed by atoms with Crippen molar-refractivity contribution in [2.75, 3.05) is 18.2 Å². The first-order valence-electron chi connectivity index (χ1n) is 9.14. The number of sulfone groups is 1. The fraction of sp³-hybridized carbons (Fsp3) is 0.136. The molecule has 2 aromatic carbocycles. The highest BCUT2D eigenvalue weighted by atomic mass is 32.2. The fourth-order valence-corrected chi connectivity index (χ4v) is 4.69. The number of benzene rings is 2. The number of hydrogen-bond acceptors (Lipinski definition) is 4. The van der Waals surface area contributed by atoms with Crippen LogP contribution < -0.4 is 4.90 Å². The molecule has 0 unspecified atom stereocenters. The van der Waals surface area contributed by atoms with Gasteiger partial charge in [-0.1, -0.05) is 12.1 Å². The average Bonchev–Trinajstić information content (AvgIpc) is 3.00. The molecule has 0 atom stereocenters. The van der Waals surface area contributed by atoms with Crippen LogP contribution >= 0.6 is 0 Å². The van der Waals surface area contributed by atoms with E-state index in [0.29, 0.717) is 6.54 Å². The van der Waals surface area contributed by atoms with Crippen molar-refractivity contribution in [1.82, 2.24) is 9.97 Å². The van der Waals surface area contributed by atoms with Crippen molar-refractivity contribution < 1.29 is 12.8 Å². The van der Waals surface area contributed by atoms with E-state index in [9.17, 15) is 12.8 Å². The summed E-state index contributed by atoms with van der Waals surface area (Å²) < 4.78 is 37.6. The van der Waals surface area contributed by atoms with E-state index in [-0.39, 0.29) is 10.7 Å². The van der Waals surface area contributed by atoms with E-state index in [4.69, 9.17) is 0 Å². The molecule has 1 N–H and O–H groups in total. The maximum absolute atomic E-state index is 14.0. The van der Waals surface area contributed by atoms with Gasteiger partial charge < -0.3 is 9.88 Å². The van der Waals surface area contributed by atoms with Gasteiger partial charge in [-0.25, -0.2) is 17.8 Å². The minimum absolute atomic E-state index is 0.280. The Morgan fingerprint density at radius 1 is 1.07 bits per heavy atom. The summed E-state index contributed by atoms with van der Waals surface area (Å²) in [5, 5.41) is 0.964. The van der Waals surface area contributed by atoms with Crippen molar-refractivity contribution in [3.8, 4) is 22.4 Å². The van der Waals surface area contributed by atoms with Gasteiger partial charge in [0, 0.05) is 48.2 Å². The summed E-state index contributed by atoms with van der Waals surface area (Å²) in [5.74, 6) is -0.280. The van der Waals surface area contributed by atoms with E-state index in [2.05, 4.69) is 14.9 Å². The molecule has 0 spiro atoms. The molecule has 0 radical (unpaired) electrons. The molecule has 2 aromatic heterocycles. The van der Waals surface area contributed by atoms with Gasteiger partial charge in [-0.2, -0.15) is 0 Å². The molecule has 1 aliphatic rings. The topological polar surface area (TPSA) is 66.1 Å². The molecule has 0 amide bonds. The highest BCUT2D eigenvalue weighted by Gasteiger charge is 2.25. The molecule has 5 rings (SSSR count). The van der Waals surface area contributed by atoms with E-state index in [1.54, 1.807) is 42.6 Å². The summed E-state index contributed by atoms with van der Waals surface area (Å²) >= 11 is 0. The van der Waals surface area contributed by atoms with Gasteiger partial charge in [0.25, 0.3) is 0 Å². The Morgan fingerprint density at radius 3 is 2.55 bits per heavy atom. The number of aromatic nitrogens is 2. The number of hydrogen-bond donors (Lipinski definition) is 1. The molecule has 29 heavy (non-hydrogen) atoms. The van der Waals surface area contributed by atoms with E-state index in [1.807, 2.05) is 13.1 Å². The number of nitrogens with one attached hydrogen (secondary N) is 1. The molecule has 0 aliphatic carbocycles. The number of rotatable bonds is 2. The van der Waals surface area contributed by atoms with Crippen LogP contribution in [0.5, 0.6) is 0 Å². The number of fused-ring (bicyclic) bond motifs is 2. The first-order valence-corrected chi connectivity index (χ1v) is 11.0. The summed E-state index contributed by atoms with van der Waals surface area (Å²) in [6, 6.07) is 13.6. The summed E-state index contributed by atoms with van der Waals surface area (Å²) in [5.41, 5.74) is 6.26. The standard InChI is InChI=1S/C22H18FN3O2S/c1-26-12-18-20-16(17-11-14(23)5-8-19(17)26)9-10-24-22(20)25-21(18)13-3-6-15(7-4-13)29(2,27)28/h3-11H,12H2,1-2H3,(H,24,25). The van der Waals surface area contributed by atoms with Gasteiger partial charge in [-0.3, -0.25) is 0 Å². The number of anilines is 1. The van der Waals surface area contributed by atoms with Gasteiger partial charge in [0.1, 0.15) is 11.5 Å². The first kappa shape index (κ1) is 17.9. The van der Waals surface area contributed by atoms with Crippen LogP contribution in [0, 0.1) is 5.82 Å².